The number of fused-ring (bicyclic) bond motifs is 1. The van der Waals surface area contributed by atoms with E-state index in [1.807, 2.05) is 12.1 Å². The third-order valence-electron chi connectivity index (χ3n) is 6.17. The number of rotatable bonds is 6. The third kappa shape index (κ3) is 5.49. The van der Waals surface area contributed by atoms with Crippen LogP contribution in [-0.2, 0) is 16.1 Å². The highest BCUT2D eigenvalue weighted by Gasteiger charge is 2.39. The summed E-state index contributed by atoms with van der Waals surface area (Å²) in [7, 11) is 0. The lowest BCUT2D eigenvalue weighted by molar-refractivity contribution is -0.136. The number of piperazine rings is 1. The molecular formula is C21H31Cl2N5O3. The average molecular weight is 472 g/mol. The van der Waals surface area contributed by atoms with Crippen molar-refractivity contribution in [3.05, 3.63) is 29.3 Å². The molecule has 4 rings (SSSR count). The molecule has 2 fully saturated rings. The summed E-state index contributed by atoms with van der Waals surface area (Å²) in [5.74, 6) is -0.751. The standard InChI is InChI=1S/C21H29N5O3.2ClH/c22-7-1-2-8-24-9-11-25(12-10-24)16-3-4-17-15(13-16)14-26(21(17)29)18-5-6-19(27)23-20(18)28;;/h3-4,13,18H,1-2,5-12,14,22H2,(H,23,27,28);2*1H. The summed E-state index contributed by atoms with van der Waals surface area (Å²) in [6, 6.07) is 5.41. The van der Waals surface area contributed by atoms with Crippen molar-refractivity contribution >= 4 is 48.2 Å². The maximum atomic E-state index is 12.8. The first kappa shape index (κ1) is 25.4. The zero-order chi connectivity index (χ0) is 20.4. The first-order valence-electron chi connectivity index (χ1n) is 10.5. The second kappa shape index (κ2) is 11.1. The summed E-state index contributed by atoms with van der Waals surface area (Å²) in [6.45, 7) is 6.27. The van der Waals surface area contributed by atoms with E-state index >= 15 is 0 Å². The van der Waals surface area contributed by atoms with E-state index in [1.165, 1.54) is 0 Å². The second-order valence-electron chi connectivity index (χ2n) is 8.07. The van der Waals surface area contributed by atoms with Crippen LogP contribution >= 0.6 is 24.8 Å². The van der Waals surface area contributed by atoms with E-state index in [9.17, 15) is 14.4 Å². The molecule has 1 atom stereocenters. The van der Waals surface area contributed by atoms with Crippen LogP contribution in [0.3, 0.4) is 0 Å². The highest BCUT2D eigenvalue weighted by molar-refractivity contribution is 6.05. The van der Waals surface area contributed by atoms with Crippen LogP contribution in [0, 0.1) is 0 Å². The summed E-state index contributed by atoms with van der Waals surface area (Å²) in [5.41, 5.74) is 8.33. The van der Waals surface area contributed by atoms with Gasteiger partial charge in [-0.25, -0.2) is 0 Å². The summed E-state index contributed by atoms with van der Waals surface area (Å²) in [4.78, 5) is 42.8. The molecule has 0 aliphatic carbocycles. The molecule has 3 N–H and O–H groups in total. The Bertz CT molecular complexity index is 814. The molecule has 2 saturated heterocycles. The van der Waals surface area contributed by atoms with Gasteiger partial charge in [0.15, 0.2) is 0 Å². The minimum atomic E-state index is -0.562. The third-order valence-corrected chi connectivity index (χ3v) is 6.17. The van der Waals surface area contributed by atoms with E-state index in [2.05, 4.69) is 21.2 Å². The normalized spacial score (nSPS) is 21.3. The zero-order valence-electron chi connectivity index (χ0n) is 17.5. The number of nitrogens with two attached hydrogens (primary N) is 1. The molecule has 3 aliphatic rings. The molecule has 172 valence electrons. The van der Waals surface area contributed by atoms with Crippen molar-refractivity contribution < 1.29 is 14.4 Å². The number of anilines is 1. The number of carbonyl (C=O) groups excluding carboxylic acids is 3. The molecule has 3 heterocycles. The Balaban J connectivity index is 0.00000171. The largest absolute Gasteiger partial charge is 0.369 e. The Morgan fingerprint density at radius 3 is 2.45 bits per heavy atom. The zero-order valence-corrected chi connectivity index (χ0v) is 19.2. The molecular weight excluding hydrogens is 441 g/mol. The van der Waals surface area contributed by atoms with Crippen molar-refractivity contribution in [1.82, 2.24) is 15.1 Å². The van der Waals surface area contributed by atoms with Gasteiger partial charge in [0.2, 0.25) is 11.8 Å². The van der Waals surface area contributed by atoms with Gasteiger partial charge in [0, 0.05) is 50.4 Å². The highest BCUT2D eigenvalue weighted by atomic mass is 35.5. The monoisotopic (exact) mass is 471 g/mol. The van der Waals surface area contributed by atoms with Crippen LogP contribution < -0.4 is 16.0 Å². The second-order valence-corrected chi connectivity index (χ2v) is 8.07. The number of imide groups is 1. The number of hydrogen-bond acceptors (Lipinski definition) is 6. The molecule has 1 aromatic rings. The number of unbranched alkanes of at least 4 members (excludes halogenated alkanes) is 1. The molecule has 3 aliphatic heterocycles. The fourth-order valence-electron chi connectivity index (χ4n) is 4.47. The molecule has 0 spiro atoms. The molecule has 1 unspecified atom stereocenters. The number of nitrogens with one attached hydrogen (secondary N) is 1. The number of carbonyl (C=O) groups is 3. The highest BCUT2D eigenvalue weighted by Crippen LogP contribution is 2.30. The predicted molar refractivity (Wildman–Crippen MR) is 124 cm³/mol. The van der Waals surface area contributed by atoms with Gasteiger partial charge in [0.05, 0.1) is 0 Å². The number of amides is 3. The molecule has 8 nitrogen and oxygen atoms in total. The number of piperidine rings is 1. The van der Waals surface area contributed by atoms with Crippen molar-refractivity contribution in [2.24, 2.45) is 5.73 Å². The van der Waals surface area contributed by atoms with Gasteiger partial charge in [-0.3, -0.25) is 24.6 Å². The van der Waals surface area contributed by atoms with E-state index < -0.39 is 6.04 Å². The van der Waals surface area contributed by atoms with E-state index in [-0.39, 0.29) is 49.0 Å². The molecule has 0 bridgehead atoms. The Labute approximate surface area is 195 Å². The van der Waals surface area contributed by atoms with Gasteiger partial charge in [0.1, 0.15) is 6.04 Å². The maximum absolute atomic E-state index is 12.8. The maximum Gasteiger partial charge on any atom is 0.255 e. The lowest BCUT2D eigenvalue weighted by atomic mass is 10.0. The number of benzene rings is 1. The molecule has 3 amide bonds. The van der Waals surface area contributed by atoms with Gasteiger partial charge in [-0.2, -0.15) is 0 Å². The van der Waals surface area contributed by atoms with Crippen molar-refractivity contribution in [1.29, 1.82) is 0 Å². The number of hydrogen-bond donors (Lipinski definition) is 2. The number of nitrogens with zero attached hydrogens (tertiary/aromatic N) is 3. The van der Waals surface area contributed by atoms with Crippen LogP contribution in [0.1, 0.15) is 41.6 Å². The lowest BCUT2D eigenvalue weighted by Crippen LogP contribution is -2.52. The van der Waals surface area contributed by atoms with Crippen LogP contribution in [0.2, 0.25) is 0 Å². The van der Waals surface area contributed by atoms with Crippen LogP contribution in [-0.4, -0.2) is 72.8 Å². The van der Waals surface area contributed by atoms with Crippen LogP contribution in [0.5, 0.6) is 0 Å². The molecule has 0 aromatic heterocycles. The van der Waals surface area contributed by atoms with Gasteiger partial charge in [-0.15, -0.1) is 24.8 Å². The topological polar surface area (TPSA) is 99.0 Å². The summed E-state index contributed by atoms with van der Waals surface area (Å²) >= 11 is 0. The molecule has 0 radical (unpaired) electrons. The van der Waals surface area contributed by atoms with Crippen LogP contribution in [0.15, 0.2) is 18.2 Å². The fraction of sp³-hybridized carbons (Fsp3) is 0.571. The van der Waals surface area contributed by atoms with Gasteiger partial charge < -0.3 is 15.5 Å². The van der Waals surface area contributed by atoms with Crippen LogP contribution in [0.25, 0.3) is 0 Å². The number of halogens is 2. The van der Waals surface area contributed by atoms with E-state index in [1.54, 1.807) is 4.90 Å². The van der Waals surface area contributed by atoms with Crippen molar-refractivity contribution in [3.8, 4) is 0 Å². The predicted octanol–water partition coefficient (Wildman–Crippen LogP) is 1.15. The van der Waals surface area contributed by atoms with E-state index in [0.717, 1.165) is 63.4 Å². The minimum Gasteiger partial charge on any atom is -0.369 e. The van der Waals surface area contributed by atoms with Gasteiger partial charge in [-0.1, -0.05) is 0 Å². The summed E-state index contributed by atoms with van der Waals surface area (Å²) in [5, 5.41) is 2.35. The summed E-state index contributed by atoms with van der Waals surface area (Å²) < 4.78 is 0. The first-order valence-corrected chi connectivity index (χ1v) is 10.5. The molecule has 0 saturated carbocycles. The van der Waals surface area contributed by atoms with Crippen LogP contribution in [0.4, 0.5) is 5.69 Å². The van der Waals surface area contributed by atoms with Crippen molar-refractivity contribution in [2.75, 3.05) is 44.2 Å². The van der Waals surface area contributed by atoms with E-state index in [0.29, 0.717) is 18.5 Å². The molecule has 1 aromatic carbocycles. The van der Waals surface area contributed by atoms with Gasteiger partial charge >= 0.3 is 0 Å². The smallest absolute Gasteiger partial charge is 0.255 e. The molecule has 31 heavy (non-hydrogen) atoms. The Hall–Kier alpha value is -1.87. The lowest BCUT2D eigenvalue weighted by Gasteiger charge is -2.36. The van der Waals surface area contributed by atoms with Crippen molar-refractivity contribution in [3.63, 3.8) is 0 Å². The first-order chi connectivity index (χ1) is 14.1. The SMILES string of the molecule is Cl.Cl.NCCCCN1CCN(c2ccc3c(c2)CN(C2CCC(=O)NC2=O)C3=O)CC1. The minimum absolute atomic E-state index is 0. The van der Waals surface area contributed by atoms with E-state index in [4.69, 9.17) is 5.73 Å². The van der Waals surface area contributed by atoms with Gasteiger partial charge in [-0.05, 0) is 56.1 Å². The van der Waals surface area contributed by atoms with Gasteiger partial charge in [0.25, 0.3) is 5.91 Å². The summed E-state index contributed by atoms with van der Waals surface area (Å²) in [6.07, 6.45) is 2.89. The average Bonchev–Trinajstić information content (AvgIpc) is 3.04. The molecule has 10 heteroatoms. The Morgan fingerprint density at radius 2 is 1.77 bits per heavy atom. The van der Waals surface area contributed by atoms with Crippen molar-refractivity contribution in [2.45, 2.75) is 38.3 Å². The quantitative estimate of drug-likeness (QED) is 0.476. The Morgan fingerprint density at radius 1 is 1.03 bits per heavy atom. The fourth-order valence-corrected chi connectivity index (χ4v) is 4.47. The Kier molecular flexibility index (Phi) is 9.12.